The Labute approximate surface area is 504 Å². The summed E-state index contributed by atoms with van der Waals surface area (Å²) in [5.41, 5.74) is 20.5. The van der Waals surface area contributed by atoms with E-state index in [1.807, 2.05) is 12.1 Å². The van der Waals surface area contributed by atoms with Gasteiger partial charge in [-0.15, -0.1) is 23.8 Å². The second-order valence-corrected chi connectivity index (χ2v) is 23.3. The van der Waals surface area contributed by atoms with Crippen LogP contribution in [0, 0.1) is 19.1 Å². The normalized spacial score (nSPS) is 12.0. The topological polar surface area (TPSA) is 70.9 Å². The van der Waals surface area contributed by atoms with Crippen LogP contribution in [0.3, 0.4) is 0 Å². The van der Waals surface area contributed by atoms with E-state index < -0.39 is 0 Å². The number of ether oxygens (including phenoxy) is 1. The Bertz CT molecular complexity index is 4800. The SMILES string of the molecule is Cc1nc2ccc3oc4c(-c5nc6ccccc6n5-c5c(C(C)C)cc(-c6ccccc6)cc5C(C)C)[c-]c(Oc5[c-]c(-c6nc7ccccc7n6-c6c(C(C)C)cc(-c7ccccc7)cc6C(C)C)ccc5)cc4c3c2c2ccccc12.[Pt+2]. The van der Waals surface area contributed by atoms with Gasteiger partial charge in [0.1, 0.15) is 5.58 Å². The van der Waals surface area contributed by atoms with Gasteiger partial charge in [-0.3, -0.25) is 15.0 Å². The summed E-state index contributed by atoms with van der Waals surface area (Å²) in [5.74, 6) is 3.25. The van der Waals surface area contributed by atoms with E-state index >= 15 is 0 Å². The second kappa shape index (κ2) is 21.7. The van der Waals surface area contributed by atoms with Gasteiger partial charge in [0.15, 0.2) is 0 Å². The Kier molecular flexibility index (Phi) is 14.0. The summed E-state index contributed by atoms with van der Waals surface area (Å²) in [7, 11) is 0. The molecular weight excluding hydrogens is 1210 g/mol. The molecule has 0 radical (unpaired) electrons. The molecular formula is C76H63N5O2Pt. The molecule has 0 saturated carbocycles. The van der Waals surface area contributed by atoms with E-state index in [9.17, 15) is 0 Å². The summed E-state index contributed by atoms with van der Waals surface area (Å²) in [6.45, 7) is 20.4. The van der Waals surface area contributed by atoms with Crippen molar-refractivity contribution in [2.75, 3.05) is 0 Å². The quantitative estimate of drug-likeness (QED) is 0.0900. The summed E-state index contributed by atoms with van der Waals surface area (Å²) in [4.78, 5) is 16.2. The minimum Gasteiger partial charge on any atom is -0.501 e. The Morgan fingerprint density at radius 2 is 0.917 bits per heavy atom. The number of aryl methyl sites for hydroxylation is 1. The molecule has 0 unspecified atom stereocenters. The molecule has 414 valence electrons. The molecule has 0 aliphatic heterocycles. The molecule has 0 saturated heterocycles. The first-order valence-electron chi connectivity index (χ1n) is 29.1. The number of aromatic nitrogens is 5. The molecule has 4 aromatic heterocycles. The predicted molar refractivity (Wildman–Crippen MR) is 343 cm³/mol. The zero-order valence-corrected chi connectivity index (χ0v) is 50.9. The van der Waals surface area contributed by atoms with E-state index in [0.29, 0.717) is 28.5 Å². The number of para-hydroxylation sites is 4. The number of rotatable bonds is 12. The maximum atomic E-state index is 7.22. The maximum absolute atomic E-state index is 7.22. The molecule has 0 fully saturated rings. The fraction of sp³-hybridized carbons (Fsp3) is 0.171. The van der Waals surface area contributed by atoms with Crippen molar-refractivity contribution in [3.63, 3.8) is 0 Å². The van der Waals surface area contributed by atoms with Gasteiger partial charge in [0.05, 0.1) is 44.8 Å². The molecule has 0 N–H and O–H groups in total. The standard InChI is InChI=1S/C76H63N5O2.Pt/c1-44(2)58-38-52(49-23-12-10-13-24-49)39-59(45(3)4)72(58)80-67-33-20-18-31-64(67)78-75(80)51-27-22-28-54(37-51)82-55-42-62-71-69(36-35-66-70(71)57-30-17-16-29-56(57)48(9)77-66)83-74(62)63(43-55)76-79-65-32-19-21-34-68(65)81(76)73-60(46(5)6)40-53(41-61(73)47(7)8)50-25-14-11-15-26-50;/h10-36,38-42,44-47H,1-9H3;/q-2;+2. The molecule has 0 amide bonds. The summed E-state index contributed by atoms with van der Waals surface area (Å²) in [6, 6.07) is 76.2. The number of hydrogen-bond acceptors (Lipinski definition) is 5. The van der Waals surface area contributed by atoms with Gasteiger partial charge in [0, 0.05) is 44.7 Å². The number of furan rings is 1. The van der Waals surface area contributed by atoms with E-state index in [1.54, 1.807) is 0 Å². The molecule has 7 nitrogen and oxygen atoms in total. The van der Waals surface area contributed by atoms with E-state index in [4.69, 9.17) is 24.1 Å². The van der Waals surface area contributed by atoms with E-state index in [-0.39, 0.29) is 44.7 Å². The zero-order chi connectivity index (χ0) is 56.8. The Morgan fingerprint density at radius 1 is 0.417 bits per heavy atom. The van der Waals surface area contributed by atoms with E-state index in [0.717, 1.165) is 88.6 Å². The molecule has 0 spiro atoms. The number of imidazole rings is 2. The minimum atomic E-state index is 0. The third kappa shape index (κ3) is 9.21. The van der Waals surface area contributed by atoms with Crippen LogP contribution in [0.2, 0.25) is 0 Å². The fourth-order valence-corrected chi connectivity index (χ4v) is 12.6. The van der Waals surface area contributed by atoms with Gasteiger partial charge in [0.25, 0.3) is 0 Å². The third-order valence-electron chi connectivity index (χ3n) is 16.6. The van der Waals surface area contributed by atoms with Crippen LogP contribution in [0.25, 0.3) is 122 Å². The average molecular weight is 1270 g/mol. The predicted octanol–water partition coefficient (Wildman–Crippen LogP) is 20.8. The smallest absolute Gasteiger partial charge is 0.501 e. The van der Waals surface area contributed by atoms with Gasteiger partial charge in [-0.1, -0.05) is 194 Å². The van der Waals surface area contributed by atoms with Crippen LogP contribution in [-0.4, -0.2) is 24.1 Å². The van der Waals surface area contributed by atoms with Crippen LogP contribution in [0.1, 0.15) is 107 Å². The van der Waals surface area contributed by atoms with E-state index in [1.165, 1.54) is 44.5 Å². The average Bonchev–Trinajstić information content (AvgIpc) is 1.99. The first-order valence-corrected chi connectivity index (χ1v) is 29.1. The van der Waals surface area contributed by atoms with Crippen molar-refractivity contribution in [1.82, 2.24) is 24.1 Å². The molecule has 4 heterocycles. The Hall–Kier alpha value is -8.90. The second-order valence-electron chi connectivity index (χ2n) is 23.3. The molecule has 0 atom stereocenters. The first-order chi connectivity index (χ1) is 40.4. The fourth-order valence-electron chi connectivity index (χ4n) is 12.6. The molecule has 14 aromatic rings. The van der Waals surface area contributed by atoms with Crippen molar-refractivity contribution in [2.45, 2.75) is 86.0 Å². The first kappa shape index (κ1) is 54.4. The van der Waals surface area contributed by atoms with Crippen LogP contribution in [0.15, 0.2) is 199 Å². The largest absolute Gasteiger partial charge is 2.00 e. The monoisotopic (exact) mass is 1270 g/mol. The number of pyridine rings is 1. The van der Waals surface area contributed by atoms with E-state index in [2.05, 4.69) is 266 Å². The number of benzene rings is 10. The van der Waals surface area contributed by atoms with Crippen molar-refractivity contribution in [1.29, 1.82) is 0 Å². The van der Waals surface area contributed by atoms with Gasteiger partial charge in [0.2, 0.25) is 0 Å². The van der Waals surface area contributed by atoms with Crippen LogP contribution in [0.4, 0.5) is 0 Å². The molecule has 0 aliphatic rings. The molecule has 10 aromatic carbocycles. The van der Waals surface area contributed by atoms with Crippen molar-refractivity contribution in [2.24, 2.45) is 0 Å². The Morgan fingerprint density at radius 3 is 1.48 bits per heavy atom. The summed E-state index contributed by atoms with van der Waals surface area (Å²) >= 11 is 0. The number of fused-ring (bicyclic) bond motifs is 9. The van der Waals surface area contributed by atoms with Crippen LogP contribution < -0.4 is 4.74 Å². The molecule has 14 rings (SSSR count). The van der Waals surface area contributed by atoms with Gasteiger partial charge in [-0.25, -0.2) is 0 Å². The van der Waals surface area contributed by atoms with Gasteiger partial charge in [-0.2, -0.15) is 0 Å². The summed E-state index contributed by atoms with van der Waals surface area (Å²) in [5, 5.41) is 5.04. The summed E-state index contributed by atoms with van der Waals surface area (Å²) < 4.78 is 19.1. The maximum Gasteiger partial charge on any atom is 2.00 e. The number of nitrogens with zero attached hydrogens (tertiary/aromatic N) is 5. The molecule has 0 bridgehead atoms. The van der Waals surface area contributed by atoms with Crippen molar-refractivity contribution in [3.05, 3.63) is 234 Å². The van der Waals surface area contributed by atoms with Crippen molar-refractivity contribution >= 4 is 65.7 Å². The van der Waals surface area contributed by atoms with Crippen molar-refractivity contribution in [3.8, 4) is 67.9 Å². The molecule has 0 aliphatic carbocycles. The van der Waals surface area contributed by atoms with Gasteiger partial charge in [-0.05, 0) is 141 Å². The van der Waals surface area contributed by atoms with Gasteiger partial charge < -0.3 is 18.3 Å². The van der Waals surface area contributed by atoms with Crippen molar-refractivity contribution < 1.29 is 30.2 Å². The van der Waals surface area contributed by atoms with Gasteiger partial charge >= 0.3 is 21.1 Å². The molecule has 8 heteroatoms. The number of hydrogen-bond donors (Lipinski definition) is 0. The van der Waals surface area contributed by atoms with Crippen LogP contribution in [-0.2, 0) is 21.1 Å². The summed E-state index contributed by atoms with van der Waals surface area (Å²) in [6.07, 6.45) is 0. The molecule has 84 heavy (non-hydrogen) atoms. The third-order valence-corrected chi connectivity index (χ3v) is 16.6. The van der Waals surface area contributed by atoms with Crippen LogP contribution in [0.5, 0.6) is 11.5 Å². The Balaban J connectivity index is 0.00000658. The van der Waals surface area contributed by atoms with Crippen LogP contribution >= 0.6 is 0 Å². The minimum absolute atomic E-state index is 0. The zero-order valence-electron chi connectivity index (χ0n) is 48.7.